The van der Waals surface area contributed by atoms with E-state index in [9.17, 15) is 0 Å². The van der Waals surface area contributed by atoms with Crippen LogP contribution in [0.4, 0.5) is 0 Å². The summed E-state index contributed by atoms with van der Waals surface area (Å²) in [4.78, 5) is 20.2. The fourth-order valence-corrected chi connectivity index (χ4v) is 0.681. The van der Waals surface area contributed by atoms with Crippen LogP contribution in [0.2, 0.25) is 0 Å². The summed E-state index contributed by atoms with van der Waals surface area (Å²) >= 11 is 0. The molecule has 3 N–H and O–H groups in total. The van der Waals surface area contributed by atoms with E-state index < -0.39 is 11.9 Å². The first-order valence-corrected chi connectivity index (χ1v) is 5.03. The van der Waals surface area contributed by atoms with E-state index in [-0.39, 0.29) is 6.61 Å². The zero-order valence-corrected chi connectivity index (χ0v) is 10.4. The smallest absolute Gasteiger partial charge is 0.300 e. The first-order valence-electron chi connectivity index (χ1n) is 5.03. The SMILES string of the molecule is CC(=O)O.CC(=O)O.CCN(CC)CCO. The third kappa shape index (κ3) is 52.7. The van der Waals surface area contributed by atoms with E-state index in [4.69, 9.17) is 24.9 Å². The van der Waals surface area contributed by atoms with Gasteiger partial charge < -0.3 is 20.2 Å². The number of rotatable bonds is 4. The Hall–Kier alpha value is -1.14. The van der Waals surface area contributed by atoms with Crippen molar-refractivity contribution in [3.8, 4) is 0 Å². The van der Waals surface area contributed by atoms with Crippen molar-refractivity contribution in [2.45, 2.75) is 27.7 Å². The Bertz CT molecular complexity index is 149. The molecule has 6 heteroatoms. The highest BCUT2D eigenvalue weighted by molar-refractivity contribution is 5.63. The van der Waals surface area contributed by atoms with Crippen LogP contribution in [0.1, 0.15) is 27.7 Å². The molecule has 0 heterocycles. The molecule has 0 spiro atoms. The molecule has 98 valence electrons. The fraction of sp³-hybridized carbons (Fsp3) is 0.800. The molecule has 0 unspecified atom stereocenters. The number of carboxylic acid groups (broad SMARTS) is 2. The molecule has 0 radical (unpaired) electrons. The second kappa shape index (κ2) is 16.3. The predicted molar refractivity (Wildman–Crippen MR) is 61.5 cm³/mol. The van der Waals surface area contributed by atoms with Crippen LogP contribution in [0, 0.1) is 0 Å². The molecule has 16 heavy (non-hydrogen) atoms. The monoisotopic (exact) mass is 237 g/mol. The van der Waals surface area contributed by atoms with E-state index in [1.54, 1.807) is 0 Å². The zero-order chi connectivity index (χ0) is 13.6. The summed E-state index contributed by atoms with van der Waals surface area (Å²) in [6.07, 6.45) is 0. The predicted octanol–water partition coefficient (Wildman–Crippen LogP) is 0.502. The Morgan fingerprint density at radius 2 is 1.25 bits per heavy atom. The van der Waals surface area contributed by atoms with Gasteiger partial charge in [-0.1, -0.05) is 13.8 Å². The van der Waals surface area contributed by atoms with E-state index in [0.29, 0.717) is 0 Å². The van der Waals surface area contributed by atoms with Crippen LogP contribution in [0.15, 0.2) is 0 Å². The van der Waals surface area contributed by atoms with Crippen molar-refractivity contribution in [3.63, 3.8) is 0 Å². The average molecular weight is 237 g/mol. The van der Waals surface area contributed by atoms with Gasteiger partial charge in [-0.2, -0.15) is 0 Å². The maximum Gasteiger partial charge on any atom is 0.300 e. The van der Waals surface area contributed by atoms with Gasteiger partial charge in [0.1, 0.15) is 0 Å². The topological polar surface area (TPSA) is 98.1 Å². The van der Waals surface area contributed by atoms with Crippen molar-refractivity contribution in [2.75, 3.05) is 26.2 Å². The van der Waals surface area contributed by atoms with Crippen molar-refractivity contribution in [3.05, 3.63) is 0 Å². The maximum atomic E-state index is 9.00. The lowest BCUT2D eigenvalue weighted by molar-refractivity contribution is -0.135. The molecule has 0 atom stereocenters. The fourth-order valence-electron chi connectivity index (χ4n) is 0.681. The normalized spacial score (nSPS) is 8.38. The Morgan fingerprint density at radius 1 is 1.00 bits per heavy atom. The van der Waals surface area contributed by atoms with Crippen LogP contribution in [0.5, 0.6) is 0 Å². The third-order valence-corrected chi connectivity index (χ3v) is 1.31. The van der Waals surface area contributed by atoms with Crippen LogP contribution in [-0.2, 0) is 9.59 Å². The molecule has 0 aromatic carbocycles. The molecule has 0 saturated heterocycles. The molecule has 0 aliphatic heterocycles. The van der Waals surface area contributed by atoms with Gasteiger partial charge in [-0.3, -0.25) is 9.59 Å². The lowest BCUT2D eigenvalue weighted by Crippen LogP contribution is -2.25. The van der Waals surface area contributed by atoms with Gasteiger partial charge in [0.2, 0.25) is 0 Å². The first-order chi connectivity index (χ1) is 7.31. The van der Waals surface area contributed by atoms with Crippen LogP contribution in [0.3, 0.4) is 0 Å². The van der Waals surface area contributed by atoms with Crippen molar-refractivity contribution < 1.29 is 24.9 Å². The molecular formula is C10H23NO5. The molecule has 6 nitrogen and oxygen atoms in total. The number of aliphatic carboxylic acids is 2. The van der Waals surface area contributed by atoms with Gasteiger partial charge in [0.15, 0.2) is 0 Å². The average Bonchev–Trinajstić information content (AvgIpc) is 2.12. The van der Waals surface area contributed by atoms with Crippen LogP contribution in [0.25, 0.3) is 0 Å². The Morgan fingerprint density at radius 3 is 1.31 bits per heavy atom. The number of hydrogen-bond acceptors (Lipinski definition) is 4. The van der Waals surface area contributed by atoms with Gasteiger partial charge in [0.05, 0.1) is 6.61 Å². The molecule has 0 bridgehead atoms. The van der Waals surface area contributed by atoms with Crippen molar-refractivity contribution in [1.82, 2.24) is 4.90 Å². The Balaban J connectivity index is -0.000000179. The number of likely N-dealkylation sites (N-methyl/N-ethyl adjacent to an activating group) is 1. The van der Waals surface area contributed by atoms with Gasteiger partial charge in [-0.15, -0.1) is 0 Å². The molecule has 0 fully saturated rings. The van der Waals surface area contributed by atoms with Gasteiger partial charge >= 0.3 is 0 Å². The van der Waals surface area contributed by atoms with Crippen LogP contribution in [-0.4, -0.2) is 58.4 Å². The van der Waals surface area contributed by atoms with E-state index >= 15 is 0 Å². The van der Waals surface area contributed by atoms with E-state index in [0.717, 1.165) is 33.5 Å². The number of nitrogens with zero attached hydrogens (tertiary/aromatic N) is 1. The second-order valence-corrected chi connectivity index (χ2v) is 2.79. The summed E-state index contributed by atoms with van der Waals surface area (Å²) in [6.45, 7) is 9.53. The van der Waals surface area contributed by atoms with Gasteiger partial charge in [0.25, 0.3) is 11.9 Å². The molecule has 0 saturated carbocycles. The number of carboxylic acids is 2. The van der Waals surface area contributed by atoms with E-state index in [1.807, 2.05) is 0 Å². The molecule has 0 aliphatic rings. The standard InChI is InChI=1S/C6H15NO.2C2H4O2/c1-3-7(4-2)5-6-8;2*1-2(3)4/h8H,3-6H2,1-2H3;2*1H3,(H,3,4). The molecule has 0 aromatic rings. The van der Waals surface area contributed by atoms with Crippen molar-refractivity contribution >= 4 is 11.9 Å². The van der Waals surface area contributed by atoms with E-state index in [2.05, 4.69) is 18.7 Å². The van der Waals surface area contributed by atoms with Crippen LogP contribution < -0.4 is 0 Å². The number of carbonyl (C=O) groups is 2. The number of aliphatic hydroxyl groups excluding tert-OH is 1. The summed E-state index contributed by atoms with van der Waals surface area (Å²) in [5, 5.41) is 23.3. The minimum Gasteiger partial charge on any atom is -0.481 e. The number of hydrogen-bond donors (Lipinski definition) is 3. The maximum absolute atomic E-state index is 9.00. The third-order valence-electron chi connectivity index (χ3n) is 1.31. The molecule has 0 amide bonds. The summed E-state index contributed by atoms with van der Waals surface area (Å²) < 4.78 is 0. The largest absolute Gasteiger partial charge is 0.481 e. The molecular weight excluding hydrogens is 214 g/mol. The summed E-state index contributed by atoms with van der Waals surface area (Å²) in [6, 6.07) is 0. The van der Waals surface area contributed by atoms with Crippen molar-refractivity contribution in [1.29, 1.82) is 0 Å². The highest BCUT2D eigenvalue weighted by Gasteiger charge is 1.93. The summed E-state index contributed by atoms with van der Waals surface area (Å²) in [7, 11) is 0. The summed E-state index contributed by atoms with van der Waals surface area (Å²) in [5.41, 5.74) is 0. The highest BCUT2D eigenvalue weighted by atomic mass is 16.4. The first kappa shape index (κ1) is 20.3. The lowest BCUT2D eigenvalue weighted by Gasteiger charge is -2.15. The summed E-state index contributed by atoms with van der Waals surface area (Å²) in [5.74, 6) is -1.67. The zero-order valence-electron chi connectivity index (χ0n) is 10.4. The van der Waals surface area contributed by atoms with Gasteiger partial charge in [-0.05, 0) is 13.1 Å². The van der Waals surface area contributed by atoms with Crippen molar-refractivity contribution in [2.24, 2.45) is 0 Å². The Labute approximate surface area is 96.5 Å². The molecule has 0 rings (SSSR count). The van der Waals surface area contributed by atoms with Gasteiger partial charge in [0, 0.05) is 20.4 Å². The molecule has 0 aliphatic carbocycles. The minimum absolute atomic E-state index is 0.279. The van der Waals surface area contributed by atoms with E-state index in [1.165, 1.54) is 0 Å². The Kier molecular flexibility index (Phi) is 20.7. The number of aliphatic hydroxyl groups is 1. The van der Waals surface area contributed by atoms with Crippen LogP contribution >= 0.6 is 0 Å². The highest BCUT2D eigenvalue weighted by Crippen LogP contribution is 1.82. The minimum atomic E-state index is -0.833. The second-order valence-electron chi connectivity index (χ2n) is 2.79. The lowest BCUT2D eigenvalue weighted by atomic mass is 10.5. The molecule has 0 aromatic heterocycles. The van der Waals surface area contributed by atoms with Gasteiger partial charge in [-0.25, -0.2) is 0 Å². The quantitative estimate of drug-likeness (QED) is 0.658.